The molecule has 116 valence electrons. The number of hydrogen-bond donors (Lipinski definition) is 4. The minimum Gasteiger partial charge on any atom is -0.361 e. The van der Waals surface area contributed by atoms with Gasteiger partial charge in [0.1, 0.15) is 0 Å². The van der Waals surface area contributed by atoms with Crippen LogP contribution in [0.3, 0.4) is 0 Å². The summed E-state index contributed by atoms with van der Waals surface area (Å²) in [5, 5.41) is 7.24. The van der Waals surface area contributed by atoms with Gasteiger partial charge in [-0.3, -0.25) is 10.9 Å². The van der Waals surface area contributed by atoms with Crippen molar-refractivity contribution < 1.29 is 0 Å². The fourth-order valence-electron chi connectivity index (χ4n) is 1.56. The smallest absolute Gasteiger partial charge is 0.189 e. The second-order valence-electron chi connectivity index (χ2n) is 4.61. The summed E-state index contributed by atoms with van der Waals surface area (Å²) in [5.74, 6) is 1.12. The molecule has 0 aromatic heterocycles. The molecule has 7 heteroatoms. The lowest BCUT2D eigenvalue weighted by atomic mass is 10.1. The molecule has 1 aromatic rings. The van der Waals surface area contributed by atoms with E-state index in [-0.39, 0.29) is 0 Å². The molecule has 0 radical (unpaired) electrons. The highest BCUT2D eigenvalue weighted by molar-refractivity contribution is 7.98. The zero-order valence-electron chi connectivity index (χ0n) is 12.6. The van der Waals surface area contributed by atoms with Crippen LogP contribution in [0, 0.1) is 13.8 Å². The third-order valence-corrected chi connectivity index (χ3v) is 4.01. The number of hydrogen-bond acceptors (Lipinski definition) is 3. The van der Waals surface area contributed by atoms with E-state index in [1.165, 1.54) is 11.1 Å². The van der Waals surface area contributed by atoms with Gasteiger partial charge in [0.05, 0.1) is 0 Å². The maximum Gasteiger partial charge on any atom is 0.189 e. The van der Waals surface area contributed by atoms with Crippen LogP contribution in [0.15, 0.2) is 18.2 Å². The fraction of sp³-hybridized carbons (Fsp3) is 0.429. The van der Waals surface area contributed by atoms with Crippen LogP contribution in [-0.2, 0) is 0 Å². The van der Waals surface area contributed by atoms with Gasteiger partial charge in [-0.2, -0.15) is 11.8 Å². The molecule has 0 heterocycles. The van der Waals surface area contributed by atoms with Crippen molar-refractivity contribution in [2.75, 3.05) is 23.9 Å². The third kappa shape index (κ3) is 7.50. The predicted octanol–water partition coefficient (Wildman–Crippen LogP) is 2.72. The van der Waals surface area contributed by atoms with Gasteiger partial charge in [0, 0.05) is 12.2 Å². The molecular formula is C14H22N4S3. The van der Waals surface area contributed by atoms with Gasteiger partial charge in [-0.05, 0) is 80.0 Å². The Labute approximate surface area is 141 Å². The van der Waals surface area contributed by atoms with E-state index in [1.54, 1.807) is 0 Å². The first-order chi connectivity index (χ1) is 10.0. The topological polar surface area (TPSA) is 48.1 Å². The molecule has 0 fully saturated rings. The third-order valence-electron chi connectivity index (χ3n) is 2.87. The first kappa shape index (κ1) is 18.0. The number of hydrazine groups is 1. The van der Waals surface area contributed by atoms with Crippen molar-refractivity contribution in [2.45, 2.75) is 20.3 Å². The van der Waals surface area contributed by atoms with Crippen LogP contribution in [0.1, 0.15) is 17.5 Å². The number of anilines is 1. The molecule has 0 saturated carbocycles. The molecule has 1 rings (SSSR count). The minimum atomic E-state index is 0.478. The number of nitrogens with one attached hydrogen (secondary N) is 4. The standard InChI is InChI=1S/C14H22N4S3/c1-10-5-6-12(9-11(10)2)16-14(20)18-17-13(19)15-7-4-8-21-3/h5-6,9H,4,7-8H2,1-3H3,(H2,15,17,19)(H2,16,18,20). The van der Waals surface area contributed by atoms with Crippen LogP contribution < -0.4 is 21.5 Å². The van der Waals surface area contributed by atoms with Crippen LogP contribution in [0.25, 0.3) is 0 Å². The molecule has 0 bridgehead atoms. The van der Waals surface area contributed by atoms with Gasteiger partial charge in [-0.15, -0.1) is 0 Å². The van der Waals surface area contributed by atoms with Gasteiger partial charge in [0.15, 0.2) is 10.2 Å². The molecule has 0 aliphatic heterocycles. The average molecular weight is 343 g/mol. The highest BCUT2D eigenvalue weighted by Gasteiger charge is 2.00. The summed E-state index contributed by atoms with van der Waals surface area (Å²) in [4.78, 5) is 0. The summed E-state index contributed by atoms with van der Waals surface area (Å²) in [5.41, 5.74) is 9.17. The number of aryl methyl sites for hydroxylation is 2. The lowest BCUT2D eigenvalue weighted by Gasteiger charge is -2.14. The molecule has 1 aromatic carbocycles. The van der Waals surface area contributed by atoms with Crippen LogP contribution >= 0.6 is 36.2 Å². The monoisotopic (exact) mass is 342 g/mol. The van der Waals surface area contributed by atoms with Gasteiger partial charge >= 0.3 is 0 Å². The number of rotatable bonds is 5. The summed E-state index contributed by atoms with van der Waals surface area (Å²) in [7, 11) is 0. The Bertz CT molecular complexity index is 491. The Kier molecular flexibility index (Phi) is 8.41. The lowest BCUT2D eigenvalue weighted by molar-refractivity contribution is 0.788. The second-order valence-corrected chi connectivity index (χ2v) is 6.41. The number of thiocarbonyl (C=S) groups is 2. The molecule has 0 amide bonds. The molecule has 0 aliphatic carbocycles. The van der Waals surface area contributed by atoms with E-state index in [0.29, 0.717) is 10.2 Å². The number of benzene rings is 1. The van der Waals surface area contributed by atoms with E-state index in [4.69, 9.17) is 24.4 Å². The fourth-order valence-corrected chi connectivity index (χ4v) is 2.31. The largest absolute Gasteiger partial charge is 0.361 e. The second kappa shape index (κ2) is 9.81. The van der Waals surface area contributed by atoms with Gasteiger partial charge < -0.3 is 10.6 Å². The first-order valence-corrected chi connectivity index (χ1v) is 8.91. The van der Waals surface area contributed by atoms with E-state index in [9.17, 15) is 0 Å². The van der Waals surface area contributed by atoms with E-state index in [0.717, 1.165) is 24.4 Å². The minimum absolute atomic E-state index is 0.478. The van der Waals surface area contributed by atoms with Gasteiger partial charge in [0.25, 0.3) is 0 Å². The van der Waals surface area contributed by atoms with Crippen LogP contribution in [0.2, 0.25) is 0 Å². The number of thioether (sulfide) groups is 1. The van der Waals surface area contributed by atoms with E-state index in [1.807, 2.05) is 17.8 Å². The lowest BCUT2D eigenvalue weighted by Crippen LogP contribution is -2.48. The van der Waals surface area contributed by atoms with Gasteiger partial charge in [-0.1, -0.05) is 6.07 Å². The highest BCUT2D eigenvalue weighted by Crippen LogP contribution is 2.13. The zero-order chi connectivity index (χ0) is 15.7. The predicted molar refractivity (Wildman–Crippen MR) is 102 cm³/mol. The molecule has 0 spiro atoms. The Morgan fingerprint density at radius 2 is 1.81 bits per heavy atom. The molecule has 4 nitrogen and oxygen atoms in total. The van der Waals surface area contributed by atoms with Crippen molar-refractivity contribution in [3.05, 3.63) is 29.3 Å². The van der Waals surface area contributed by atoms with E-state index in [2.05, 4.69) is 53.7 Å². The van der Waals surface area contributed by atoms with E-state index < -0.39 is 0 Å². The van der Waals surface area contributed by atoms with E-state index >= 15 is 0 Å². The summed E-state index contributed by atoms with van der Waals surface area (Å²) in [6.07, 6.45) is 3.17. The zero-order valence-corrected chi connectivity index (χ0v) is 15.0. The quantitative estimate of drug-likeness (QED) is 0.373. The molecular weight excluding hydrogens is 320 g/mol. The molecule has 0 unspecified atom stereocenters. The van der Waals surface area contributed by atoms with Crippen LogP contribution in [0.4, 0.5) is 5.69 Å². The van der Waals surface area contributed by atoms with Gasteiger partial charge in [-0.25, -0.2) is 0 Å². The first-order valence-electron chi connectivity index (χ1n) is 6.70. The van der Waals surface area contributed by atoms with Crippen molar-refractivity contribution in [3.63, 3.8) is 0 Å². The Morgan fingerprint density at radius 3 is 2.48 bits per heavy atom. The SMILES string of the molecule is CSCCCNC(=S)NNC(=S)Nc1ccc(C)c(C)c1. The molecule has 0 saturated heterocycles. The average Bonchev–Trinajstić information content (AvgIpc) is 2.45. The summed E-state index contributed by atoms with van der Waals surface area (Å²) in [6.45, 7) is 5.01. The Morgan fingerprint density at radius 1 is 1.10 bits per heavy atom. The summed E-state index contributed by atoms with van der Waals surface area (Å²) < 4.78 is 0. The maximum atomic E-state index is 5.21. The van der Waals surface area contributed by atoms with Crippen molar-refractivity contribution in [1.29, 1.82) is 0 Å². The van der Waals surface area contributed by atoms with Crippen LogP contribution in [0.5, 0.6) is 0 Å². The van der Waals surface area contributed by atoms with Crippen molar-refractivity contribution >= 4 is 52.1 Å². The molecule has 4 N–H and O–H groups in total. The molecule has 0 aliphatic rings. The summed E-state index contributed by atoms with van der Waals surface area (Å²) in [6, 6.07) is 6.11. The van der Waals surface area contributed by atoms with Crippen molar-refractivity contribution in [3.8, 4) is 0 Å². The van der Waals surface area contributed by atoms with Crippen molar-refractivity contribution in [1.82, 2.24) is 16.2 Å². The summed E-state index contributed by atoms with van der Waals surface area (Å²) >= 11 is 12.2. The molecule has 0 atom stereocenters. The highest BCUT2D eigenvalue weighted by atomic mass is 32.2. The molecule has 21 heavy (non-hydrogen) atoms. The maximum absolute atomic E-state index is 5.21. The van der Waals surface area contributed by atoms with Crippen LogP contribution in [-0.4, -0.2) is 28.8 Å². The Balaban J connectivity index is 2.27. The Hall–Kier alpha value is -1.05. The van der Waals surface area contributed by atoms with Crippen molar-refractivity contribution in [2.24, 2.45) is 0 Å². The van der Waals surface area contributed by atoms with Gasteiger partial charge in [0.2, 0.25) is 0 Å². The normalized spacial score (nSPS) is 9.86.